The van der Waals surface area contributed by atoms with E-state index in [9.17, 15) is 8.42 Å². The van der Waals surface area contributed by atoms with Crippen LogP contribution in [0.3, 0.4) is 0 Å². The van der Waals surface area contributed by atoms with Crippen LogP contribution in [-0.4, -0.2) is 75.1 Å². The van der Waals surface area contributed by atoms with Crippen molar-refractivity contribution in [3.05, 3.63) is 29.3 Å². The number of rotatable bonds is 7. The predicted octanol–water partition coefficient (Wildman–Crippen LogP) is 2.78. The second kappa shape index (κ2) is 9.36. The zero-order valence-corrected chi connectivity index (χ0v) is 18.6. The van der Waals surface area contributed by atoms with Gasteiger partial charge in [-0.2, -0.15) is 0 Å². The molecular formula is C23H36N2O3S. The van der Waals surface area contributed by atoms with Gasteiger partial charge in [-0.1, -0.05) is 12.5 Å². The van der Waals surface area contributed by atoms with Gasteiger partial charge >= 0.3 is 0 Å². The molecule has 162 valence electrons. The highest BCUT2D eigenvalue weighted by Crippen LogP contribution is 2.33. The fraction of sp³-hybridized carbons (Fsp3) is 0.739. The molecule has 2 unspecified atom stereocenters. The van der Waals surface area contributed by atoms with E-state index in [0.29, 0.717) is 36.6 Å². The first kappa shape index (κ1) is 21.1. The Morgan fingerprint density at radius 2 is 1.76 bits per heavy atom. The predicted molar refractivity (Wildman–Crippen MR) is 117 cm³/mol. The minimum Gasteiger partial charge on any atom is -0.494 e. The summed E-state index contributed by atoms with van der Waals surface area (Å²) in [6, 6.07) is 7.03. The standard InChI is InChI=1S/C23H36N2O3S/c1-19(25-11-14-29(26,27)15-12-25)21-16-20-6-7-23(18-22(20)17-21)28-13-5-10-24-8-3-2-4-9-24/h6-7,18-19,21H,2-5,8-17H2,1H3. The molecule has 0 amide bonds. The Labute approximate surface area is 176 Å². The van der Waals surface area contributed by atoms with E-state index in [-0.39, 0.29) is 0 Å². The minimum atomic E-state index is -2.81. The molecule has 5 nitrogen and oxygen atoms in total. The number of hydrogen-bond acceptors (Lipinski definition) is 5. The smallest absolute Gasteiger partial charge is 0.152 e. The molecule has 2 aliphatic heterocycles. The third kappa shape index (κ3) is 5.53. The molecule has 1 aromatic rings. The molecule has 3 aliphatic rings. The van der Waals surface area contributed by atoms with Crippen LogP contribution in [0.25, 0.3) is 0 Å². The summed E-state index contributed by atoms with van der Waals surface area (Å²) in [5.41, 5.74) is 2.85. The summed E-state index contributed by atoms with van der Waals surface area (Å²) >= 11 is 0. The van der Waals surface area contributed by atoms with Gasteiger partial charge in [0.25, 0.3) is 0 Å². The van der Waals surface area contributed by atoms with Crippen LogP contribution in [0, 0.1) is 5.92 Å². The maximum absolute atomic E-state index is 11.7. The van der Waals surface area contributed by atoms with Crippen LogP contribution in [0.1, 0.15) is 43.7 Å². The lowest BCUT2D eigenvalue weighted by atomic mass is 9.96. The third-order valence-corrected chi connectivity index (χ3v) is 8.72. The van der Waals surface area contributed by atoms with Gasteiger partial charge in [0.1, 0.15) is 5.75 Å². The molecule has 2 atom stereocenters. The third-order valence-electron chi connectivity index (χ3n) is 7.12. The first-order valence-corrected chi connectivity index (χ1v) is 13.2. The van der Waals surface area contributed by atoms with Crippen LogP contribution in [0.15, 0.2) is 18.2 Å². The fourth-order valence-corrected chi connectivity index (χ4v) is 6.38. The van der Waals surface area contributed by atoms with Crippen molar-refractivity contribution < 1.29 is 13.2 Å². The molecular weight excluding hydrogens is 384 g/mol. The van der Waals surface area contributed by atoms with Crippen molar-refractivity contribution in [2.75, 3.05) is 50.8 Å². The van der Waals surface area contributed by atoms with Gasteiger partial charge in [-0.15, -0.1) is 0 Å². The van der Waals surface area contributed by atoms with E-state index in [0.717, 1.165) is 38.2 Å². The molecule has 0 aromatic heterocycles. The Balaban J connectivity index is 1.24. The van der Waals surface area contributed by atoms with Gasteiger partial charge in [-0.25, -0.2) is 8.42 Å². The Morgan fingerprint density at radius 3 is 2.52 bits per heavy atom. The van der Waals surface area contributed by atoms with E-state index in [1.165, 1.54) is 43.5 Å². The van der Waals surface area contributed by atoms with E-state index in [1.54, 1.807) is 0 Å². The van der Waals surface area contributed by atoms with E-state index >= 15 is 0 Å². The van der Waals surface area contributed by atoms with E-state index in [2.05, 4.69) is 34.9 Å². The molecule has 1 aliphatic carbocycles. The Hall–Kier alpha value is -1.11. The Kier molecular flexibility index (Phi) is 6.82. The average molecular weight is 421 g/mol. The van der Waals surface area contributed by atoms with Crippen LogP contribution < -0.4 is 4.74 Å². The lowest BCUT2D eigenvalue weighted by Crippen LogP contribution is -2.47. The van der Waals surface area contributed by atoms with Gasteiger partial charge in [0.15, 0.2) is 9.84 Å². The summed E-state index contributed by atoms with van der Waals surface area (Å²) in [7, 11) is -2.81. The molecule has 0 bridgehead atoms. The van der Waals surface area contributed by atoms with Crippen LogP contribution in [-0.2, 0) is 22.7 Å². The van der Waals surface area contributed by atoms with E-state index in [4.69, 9.17) is 4.74 Å². The van der Waals surface area contributed by atoms with Crippen molar-refractivity contribution in [1.29, 1.82) is 0 Å². The number of benzene rings is 1. The molecule has 4 rings (SSSR count). The number of piperidine rings is 1. The van der Waals surface area contributed by atoms with Crippen LogP contribution in [0.4, 0.5) is 0 Å². The highest BCUT2D eigenvalue weighted by atomic mass is 32.2. The van der Waals surface area contributed by atoms with Crippen LogP contribution in [0.5, 0.6) is 5.75 Å². The molecule has 2 saturated heterocycles. The van der Waals surface area contributed by atoms with Gasteiger partial charge in [0, 0.05) is 25.7 Å². The number of hydrogen-bond donors (Lipinski definition) is 0. The average Bonchev–Trinajstić information content (AvgIpc) is 3.15. The second-order valence-electron chi connectivity index (χ2n) is 9.13. The molecule has 0 saturated carbocycles. The van der Waals surface area contributed by atoms with Crippen molar-refractivity contribution in [3.63, 3.8) is 0 Å². The van der Waals surface area contributed by atoms with Crippen molar-refractivity contribution in [1.82, 2.24) is 9.80 Å². The van der Waals surface area contributed by atoms with E-state index < -0.39 is 9.84 Å². The summed E-state index contributed by atoms with van der Waals surface area (Å²) < 4.78 is 29.5. The van der Waals surface area contributed by atoms with Gasteiger partial charge in [-0.3, -0.25) is 4.90 Å². The Bertz CT molecular complexity index is 775. The minimum absolute atomic E-state index is 0.312. The largest absolute Gasteiger partial charge is 0.494 e. The highest BCUT2D eigenvalue weighted by molar-refractivity contribution is 7.91. The molecule has 0 radical (unpaired) electrons. The van der Waals surface area contributed by atoms with Gasteiger partial charge in [-0.05, 0) is 81.3 Å². The number of likely N-dealkylation sites (tertiary alicyclic amines) is 1. The zero-order valence-electron chi connectivity index (χ0n) is 17.8. The maximum atomic E-state index is 11.7. The van der Waals surface area contributed by atoms with Crippen molar-refractivity contribution in [2.45, 2.75) is 51.5 Å². The summed E-state index contributed by atoms with van der Waals surface area (Å²) in [5.74, 6) is 2.19. The molecule has 0 spiro atoms. The lowest BCUT2D eigenvalue weighted by molar-refractivity contribution is 0.170. The fourth-order valence-electron chi connectivity index (χ4n) is 5.15. The molecule has 2 fully saturated rings. The summed E-state index contributed by atoms with van der Waals surface area (Å²) in [6.07, 6.45) is 7.34. The number of fused-ring (bicyclic) bond motifs is 1. The van der Waals surface area contributed by atoms with Gasteiger partial charge < -0.3 is 9.64 Å². The number of sulfone groups is 1. The normalized spacial score (nSPS) is 26.2. The van der Waals surface area contributed by atoms with Gasteiger partial charge in [0.05, 0.1) is 18.1 Å². The quantitative estimate of drug-likeness (QED) is 0.635. The summed E-state index contributed by atoms with van der Waals surface area (Å²) in [4.78, 5) is 4.93. The second-order valence-corrected chi connectivity index (χ2v) is 11.4. The van der Waals surface area contributed by atoms with Crippen molar-refractivity contribution in [3.8, 4) is 5.75 Å². The number of ether oxygens (including phenoxy) is 1. The van der Waals surface area contributed by atoms with Gasteiger partial charge in [0.2, 0.25) is 0 Å². The lowest BCUT2D eigenvalue weighted by Gasteiger charge is -2.35. The highest BCUT2D eigenvalue weighted by Gasteiger charge is 2.32. The van der Waals surface area contributed by atoms with Crippen molar-refractivity contribution in [2.24, 2.45) is 5.92 Å². The summed E-state index contributed by atoms with van der Waals surface area (Å²) in [6.45, 7) is 8.08. The zero-order chi connectivity index (χ0) is 20.3. The first-order valence-electron chi connectivity index (χ1n) is 11.4. The monoisotopic (exact) mass is 420 g/mol. The Morgan fingerprint density at radius 1 is 1.03 bits per heavy atom. The van der Waals surface area contributed by atoms with Crippen LogP contribution in [0.2, 0.25) is 0 Å². The SMILES string of the molecule is CC(C1Cc2ccc(OCCCN3CCCCC3)cc2C1)N1CCS(=O)(=O)CC1. The maximum Gasteiger partial charge on any atom is 0.152 e. The molecule has 29 heavy (non-hydrogen) atoms. The summed E-state index contributed by atoms with van der Waals surface area (Å²) in [5, 5.41) is 0. The first-order chi connectivity index (χ1) is 14.0. The molecule has 1 aromatic carbocycles. The van der Waals surface area contributed by atoms with Crippen molar-refractivity contribution >= 4 is 9.84 Å². The molecule has 6 heteroatoms. The van der Waals surface area contributed by atoms with Crippen LogP contribution >= 0.6 is 0 Å². The molecule has 0 N–H and O–H groups in total. The van der Waals surface area contributed by atoms with E-state index in [1.807, 2.05) is 0 Å². The topological polar surface area (TPSA) is 49.9 Å². The number of nitrogens with zero attached hydrogens (tertiary/aromatic N) is 2. The molecule has 2 heterocycles.